The van der Waals surface area contributed by atoms with Crippen LogP contribution in [0.5, 0.6) is 0 Å². The van der Waals surface area contributed by atoms with E-state index in [0.717, 1.165) is 24.6 Å². The Hall–Kier alpha value is -1.56. The molecular weight excluding hydrogens is 262 g/mol. The number of hydrogen-bond acceptors (Lipinski definition) is 5. The smallest absolute Gasteiger partial charge is 0.194 e. The molecule has 104 valence electrons. The van der Waals surface area contributed by atoms with Crippen LogP contribution in [-0.4, -0.2) is 45.2 Å². The van der Waals surface area contributed by atoms with Crippen molar-refractivity contribution in [2.45, 2.75) is 18.4 Å². The Morgan fingerprint density at radius 2 is 2.21 bits per heavy atom. The highest BCUT2D eigenvalue weighted by Gasteiger charge is 2.13. The molecule has 0 radical (unpaired) electrons. The molecule has 0 fully saturated rings. The predicted octanol–water partition coefficient (Wildman–Crippen LogP) is 0.871. The van der Waals surface area contributed by atoms with Crippen LogP contribution in [-0.2, 0) is 16.4 Å². The number of hydrogen-bond donors (Lipinski definition) is 1. The molecule has 0 bridgehead atoms. The van der Waals surface area contributed by atoms with E-state index in [1.54, 1.807) is 25.1 Å². The van der Waals surface area contributed by atoms with Gasteiger partial charge >= 0.3 is 0 Å². The molecule has 6 heteroatoms. The van der Waals surface area contributed by atoms with Gasteiger partial charge in [-0.3, -0.25) is 4.99 Å². The Morgan fingerprint density at radius 3 is 2.84 bits per heavy atom. The number of nitrogens with one attached hydrogen (secondary N) is 1. The first-order valence-electron chi connectivity index (χ1n) is 6.34. The van der Waals surface area contributed by atoms with Crippen molar-refractivity contribution in [3.63, 3.8) is 0 Å². The highest BCUT2D eigenvalue weighted by atomic mass is 32.2. The summed E-state index contributed by atoms with van der Waals surface area (Å²) in [6.07, 6.45) is 0. The molecule has 0 amide bonds. The number of aliphatic imine (C=N–C) groups is 1. The maximum atomic E-state index is 11.8. The summed E-state index contributed by atoms with van der Waals surface area (Å²) in [5.74, 6) is 0.989. The third-order valence-electron chi connectivity index (χ3n) is 3.15. The van der Waals surface area contributed by atoms with Crippen molar-refractivity contribution in [3.05, 3.63) is 29.8 Å². The SMILES string of the molecule is CCS(=O)(=O)c1cccc(CNC2=NCCN2C)c1. The van der Waals surface area contributed by atoms with Gasteiger partial charge in [0.05, 0.1) is 17.2 Å². The predicted molar refractivity (Wildman–Crippen MR) is 75.9 cm³/mol. The molecule has 5 nitrogen and oxygen atoms in total. The molecule has 1 aromatic rings. The minimum atomic E-state index is -3.14. The van der Waals surface area contributed by atoms with Gasteiger partial charge in [-0.25, -0.2) is 8.42 Å². The van der Waals surface area contributed by atoms with Gasteiger partial charge < -0.3 is 10.2 Å². The fourth-order valence-corrected chi connectivity index (χ4v) is 2.87. The quantitative estimate of drug-likeness (QED) is 0.889. The molecule has 0 unspecified atom stereocenters. The fourth-order valence-electron chi connectivity index (χ4n) is 1.92. The lowest BCUT2D eigenvalue weighted by Crippen LogP contribution is -2.35. The normalized spacial score (nSPS) is 15.5. The molecule has 0 atom stereocenters. The zero-order valence-electron chi connectivity index (χ0n) is 11.3. The van der Waals surface area contributed by atoms with Crippen molar-refractivity contribution in [2.24, 2.45) is 4.99 Å². The first-order chi connectivity index (χ1) is 9.03. The molecule has 19 heavy (non-hydrogen) atoms. The summed E-state index contributed by atoms with van der Waals surface area (Å²) in [7, 11) is -1.15. The number of likely N-dealkylation sites (N-methyl/N-ethyl adjacent to an activating group) is 1. The van der Waals surface area contributed by atoms with E-state index < -0.39 is 9.84 Å². The summed E-state index contributed by atoms with van der Waals surface area (Å²) in [6.45, 7) is 3.97. The minimum absolute atomic E-state index is 0.124. The van der Waals surface area contributed by atoms with Gasteiger partial charge in [0, 0.05) is 20.1 Å². The van der Waals surface area contributed by atoms with Gasteiger partial charge in [0.2, 0.25) is 0 Å². The summed E-state index contributed by atoms with van der Waals surface area (Å²) in [4.78, 5) is 6.77. The van der Waals surface area contributed by atoms with Crippen molar-refractivity contribution < 1.29 is 8.42 Å². The Kier molecular flexibility index (Phi) is 4.09. The van der Waals surface area contributed by atoms with E-state index in [-0.39, 0.29) is 5.75 Å². The summed E-state index contributed by atoms with van der Waals surface area (Å²) >= 11 is 0. The molecule has 0 aromatic heterocycles. The summed E-state index contributed by atoms with van der Waals surface area (Å²) in [6, 6.07) is 7.06. The molecule has 1 aliphatic rings. The van der Waals surface area contributed by atoms with Crippen molar-refractivity contribution >= 4 is 15.8 Å². The van der Waals surface area contributed by atoms with Gasteiger partial charge in [0.25, 0.3) is 0 Å². The number of sulfone groups is 1. The lowest BCUT2D eigenvalue weighted by molar-refractivity contribution is 0.534. The molecule has 1 aromatic carbocycles. The van der Waals surface area contributed by atoms with Crippen LogP contribution in [0.15, 0.2) is 34.2 Å². The van der Waals surface area contributed by atoms with Crippen molar-refractivity contribution in [1.82, 2.24) is 10.2 Å². The molecule has 2 rings (SSSR count). The average molecular weight is 281 g/mol. The third-order valence-corrected chi connectivity index (χ3v) is 4.88. The van der Waals surface area contributed by atoms with E-state index in [9.17, 15) is 8.42 Å². The monoisotopic (exact) mass is 281 g/mol. The van der Waals surface area contributed by atoms with Crippen LogP contribution in [0.25, 0.3) is 0 Å². The van der Waals surface area contributed by atoms with Crippen molar-refractivity contribution in [3.8, 4) is 0 Å². The number of guanidine groups is 1. The molecule has 1 aliphatic heterocycles. The third kappa shape index (κ3) is 3.26. The number of rotatable bonds is 4. The van der Waals surface area contributed by atoms with Gasteiger partial charge in [-0.15, -0.1) is 0 Å². The van der Waals surface area contributed by atoms with Crippen LogP contribution in [0.2, 0.25) is 0 Å². The summed E-state index contributed by atoms with van der Waals surface area (Å²) < 4.78 is 23.6. The largest absolute Gasteiger partial charge is 0.352 e. The first-order valence-corrected chi connectivity index (χ1v) is 7.99. The second-order valence-corrected chi connectivity index (χ2v) is 6.81. The van der Waals surface area contributed by atoms with E-state index in [1.165, 1.54) is 0 Å². The topological polar surface area (TPSA) is 61.8 Å². The van der Waals surface area contributed by atoms with Crippen LogP contribution in [0.3, 0.4) is 0 Å². The number of benzene rings is 1. The summed E-state index contributed by atoms with van der Waals surface area (Å²) in [5, 5.41) is 3.23. The van der Waals surface area contributed by atoms with E-state index >= 15 is 0 Å². The number of nitrogens with zero attached hydrogens (tertiary/aromatic N) is 2. The second-order valence-electron chi connectivity index (χ2n) is 4.53. The average Bonchev–Trinajstić information content (AvgIpc) is 2.82. The highest BCUT2D eigenvalue weighted by molar-refractivity contribution is 7.91. The van der Waals surface area contributed by atoms with Gasteiger partial charge in [-0.1, -0.05) is 19.1 Å². The van der Waals surface area contributed by atoms with Crippen molar-refractivity contribution in [2.75, 3.05) is 25.9 Å². The lowest BCUT2D eigenvalue weighted by Gasteiger charge is -2.15. The molecule has 0 saturated heterocycles. The van der Waals surface area contributed by atoms with Crippen LogP contribution < -0.4 is 5.32 Å². The van der Waals surface area contributed by atoms with E-state index in [4.69, 9.17) is 0 Å². The van der Waals surface area contributed by atoms with Crippen LogP contribution in [0.1, 0.15) is 12.5 Å². The molecule has 0 aliphatic carbocycles. The molecule has 1 N–H and O–H groups in total. The highest BCUT2D eigenvalue weighted by Crippen LogP contribution is 2.13. The lowest BCUT2D eigenvalue weighted by atomic mass is 10.2. The van der Waals surface area contributed by atoms with Gasteiger partial charge in [-0.2, -0.15) is 0 Å². The van der Waals surface area contributed by atoms with Crippen LogP contribution in [0, 0.1) is 0 Å². The Morgan fingerprint density at radius 1 is 1.42 bits per heavy atom. The zero-order chi connectivity index (χ0) is 13.9. The summed E-state index contributed by atoms with van der Waals surface area (Å²) in [5.41, 5.74) is 0.942. The van der Waals surface area contributed by atoms with Crippen LogP contribution >= 0.6 is 0 Å². The second kappa shape index (κ2) is 5.61. The first kappa shape index (κ1) is 13.9. The zero-order valence-corrected chi connectivity index (χ0v) is 12.1. The van der Waals surface area contributed by atoms with E-state index in [2.05, 4.69) is 10.3 Å². The Bertz CT molecular complexity index is 581. The van der Waals surface area contributed by atoms with Gasteiger partial charge in [0.1, 0.15) is 0 Å². The minimum Gasteiger partial charge on any atom is -0.352 e. The molecular formula is C13H19N3O2S. The maximum absolute atomic E-state index is 11.8. The fraction of sp³-hybridized carbons (Fsp3) is 0.462. The maximum Gasteiger partial charge on any atom is 0.194 e. The molecule has 0 saturated carbocycles. The van der Waals surface area contributed by atoms with Crippen molar-refractivity contribution in [1.29, 1.82) is 0 Å². The standard InChI is InChI=1S/C13H19N3O2S/c1-3-19(17,18)12-6-4-5-11(9-12)10-15-13-14-7-8-16(13)2/h4-6,9H,3,7-8,10H2,1-2H3,(H,14,15). The Balaban J connectivity index is 2.08. The van der Waals surface area contributed by atoms with Gasteiger partial charge in [-0.05, 0) is 17.7 Å². The van der Waals surface area contributed by atoms with Gasteiger partial charge in [0.15, 0.2) is 15.8 Å². The van der Waals surface area contributed by atoms with E-state index in [0.29, 0.717) is 11.4 Å². The van der Waals surface area contributed by atoms with Crippen LogP contribution in [0.4, 0.5) is 0 Å². The molecule has 0 spiro atoms. The Labute approximate surface area is 114 Å². The van der Waals surface area contributed by atoms with E-state index in [1.807, 2.05) is 18.0 Å². The molecule has 1 heterocycles.